The van der Waals surface area contributed by atoms with Gasteiger partial charge in [-0.3, -0.25) is 4.79 Å². The highest BCUT2D eigenvalue weighted by Crippen LogP contribution is 2.74. The van der Waals surface area contributed by atoms with Gasteiger partial charge in [-0.05, 0) is 85.9 Å². The van der Waals surface area contributed by atoms with Gasteiger partial charge in [0.05, 0.1) is 5.57 Å². The number of allylic oxidation sites excluding steroid dienone is 5. The van der Waals surface area contributed by atoms with E-state index in [1.165, 1.54) is 5.57 Å². The molecule has 39 heavy (non-hydrogen) atoms. The summed E-state index contributed by atoms with van der Waals surface area (Å²) in [5, 5.41) is 16.5. The Morgan fingerprint density at radius 2 is 1.74 bits per heavy atom. The third-order valence-corrected chi connectivity index (χ3v) is 12.7. The van der Waals surface area contributed by atoms with E-state index in [-0.39, 0.29) is 50.8 Å². The first kappa shape index (κ1) is 28.2. The van der Waals surface area contributed by atoms with E-state index >= 15 is 0 Å². The first-order valence-electron chi connectivity index (χ1n) is 15.2. The van der Waals surface area contributed by atoms with Crippen molar-refractivity contribution in [1.29, 1.82) is 5.26 Å². The Morgan fingerprint density at radius 3 is 2.38 bits per heavy atom. The maximum absolute atomic E-state index is 13.3. The van der Waals surface area contributed by atoms with Crippen LogP contribution in [0.2, 0.25) is 0 Å². The Balaban J connectivity index is 1.66. The maximum atomic E-state index is 13.3. The molecule has 2 N–H and O–H groups in total. The van der Waals surface area contributed by atoms with E-state index < -0.39 is 5.41 Å². The fourth-order valence-corrected chi connectivity index (χ4v) is 10.5. The van der Waals surface area contributed by atoms with Crippen LogP contribution in [-0.2, 0) is 4.79 Å². The predicted molar refractivity (Wildman–Crippen MR) is 156 cm³/mol. The van der Waals surface area contributed by atoms with Crippen molar-refractivity contribution in [2.75, 3.05) is 6.54 Å². The summed E-state index contributed by atoms with van der Waals surface area (Å²) in [6.45, 7) is 23.4. The Hall–Kier alpha value is -2.35. The predicted octanol–water partition coefficient (Wildman–Crippen LogP) is 7.26. The molecule has 0 aromatic rings. The summed E-state index contributed by atoms with van der Waals surface area (Å²) >= 11 is 0. The summed E-state index contributed by atoms with van der Waals surface area (Å²) in [5.74, 6) is 0.709. The number of hydrogen-bond donors (Lipinski definition) is 2. The molecule has 3 fully saturated rings. The van der Waals surface area contributed by atoms with Gasteiger partial charge in [0.1, 0.15) is 6.07 Å². The fourth-order valence-electron chi connectivity index (χ4n) is 10.5. The number of nitrogens with one attached hydrogen (secondary N) is 2. The number of fused-ring (bicyclic) bond motifs is 7. The highest BCUT2D eigenvalue weighted by atomic mass is 16.2. The second kappa shape index (κ2) is 8.58. The van der Waals surface area contributed by atoms with Gasteiger partial charge in [-0.2, -0.15) is 5.26 Å². The molecule has 0 bridgehead atoms. The van der Waals surface area contributed by atoms with Crippen LogP contribution in [0.15, 0.2) is 35.5 Å². The van der Waals surface area contributed by atoms with E-state index in [0.29, 0.717) is 18.0 Å². The highest BCUT2D eigenvalue weighted by molar-refractivity contribution is 6.04. The van der Waals surface area contributed by atoms with Crippen molar-refractivity contribution < 1.29 is 9.59 Å². The Labute approximate surface area is 235 Å². The maximum Gasteiger partial charge on any atom is 0.315 e. The minimum atomic E-state index is -0.582. The number of amides is 2. The third-order valence-electron chi connectivity index (χ3n) is 12.7. The number of urea groups is 1. The lowest BCUT2D eigenvalue weighted by atomic mass is 9.34. The van der Waals surface area contributed by atoms with Crippen LogP contribution >= 0.6 is 0 Å². The van der Waals surface area contributed by atoms with Gasteiger partial charge in [-0.25, -0.2) is 4.79 Å². The number of carbonyl (C=O) groups excluding carboxylic acids is 2. The number of nitriles is 1. The SMILES string of the molecule is C=C1C=C2[C@@]3(C)C=C(C#N)C(=O)C(C)(C)[C@@H]3CC[C@@]2(C)[C@]2(C)CC[C@@]3(NC(=O)NCC)CCC(C)(C)CC3C12. The second-order valence-corrected chi connectivity index (χ2v) is 15.6. The molecule has 0 aromatic heterocycles. The molecule has 0 aliphatic heterocycles. The van der Waals surface area contributed by atoms with Gasteiger partial charge in [0, 0.05) is 22.9 Å². The van der Waals surface area contributed by atoms with E-state index in [4.69, 9.17) is 6.58 Å². The second-order valence-electron chi connectivity index (χ2n) is 15.6. The van der Waals surface area contributed by atoms with Gasteiger partial charge in [0.2, 0.25) is 0 Å². The number of ketones is 1. The van der Waals surface area contributed by atoms with Gasteiger partial charge < -0.3 is 10.6 Å². The Morgan fingerprint density at radius 1 is 1.08 bits per heavy atom. The number of carbonyl (C=O) groups is 2. The van der Waals surface area contributed by atoms with Crippen LogP contribution in [0.25, 0.3) is 0 Å². The molecule has 0 spiro atoms. The molecule has 5 aliphatic rings. The van der Waals surface area contributed by atoms with E-state index in [2.05, 4.69) is 57.4 Å². The zero-order valence-corrected chi connectivity index (χ0v) is 25.5. The molecule has 2 unspecified atom stereocenters. The minimum absolute atomic E-state index is 0.0151. The lowest BCUT2D eigenvalue weighted by molar-refractivity contribution is -0.138. The van der Waals surface area contributed by atoms with Crippen LogP contribution in [0.1, 0.15) is 100 Å². The molecular weight excluding hydrogens is 482 g/mol. The highest BCUT2D eigenvalue weighted by Gasteiger charge is 2.68. The molecule has 7 atom stereocenters. The van der Waals surface area contributed by atoms with E-state index in [9.17, 15) is 14.9 Å². The molecule has 212 valence electrons. The summed E-state index contributed by atoms with van der Waals surface area (Å²) in [6, 6.07) is 2.20. The fraction of sp³-hybridized carbons (Fsp3) is 0.735. The Kier molecular flexibility index (Phi) is 6.20. The van der Waals surface area contributed by atoms with Gasteiger partial charge in [-0.15, -0.1) is 0 Å². The molecule has 0 aromatic carbocycles. The van der Waals surface area contributed by atoms with Crippen molar-refractivity contribution in [2.45, 2.75) is 106 Å². The topological polar surface area (TPSA) is 82.0 Å². The summed E-state index contributed by atoms with van der Waals surface area (Å²) in [4.78, 5) is 26.3. The number of hydrogen-bond acceptors (Lipinski definition) is 3. The van der Waals surface area contributed by atoms with Crippen LogP contribution < -0.4 is 10.6 Å². The van der Waals surface area contributed by atoms with Crippen LogP contribution in [0, 0.1) is 56.2 Å². The molecule has 2 amide bonds. The van der Waals surface area contributed by atoms with Crippen LogP contribution in [-0.4, -0.2) is 23.9 Å². The number of rotatable bonds is 2. The molecule has 5 aliphatic carbocycles. The molecule has 0 radical (unpaired) electrons. The molecule has 0 heterocycles. The van der Waals surface area contributed by atoms with Gasteiger partial charge in [0.15, 0.2) is 5.78 Å². The lowest BCUT2D eigenvalue weighted by Crippen LogP contribution is -2.69. The molecule has 5 rings (SSSR count). The van der Waals surface area contributed by atoms with Gasteiger partial charge >= 0.3 is 6.03 Å². The van der Waals surface area contributed by atoms with E-state index in [1.807, 2.05) is 26.8 Å². The standard InChI is InChI=1S/C34H49N3O2/c1-10-36-28(39)37-34-15-13-29(3,4)19-23(34)26-21(2)17-25-31(7)18-22(20-35)27(38)30(5,6)24(31)11-12-32(25,8)33(26,9)14-16-34/h17-18,23-24,26H,2,10-16,19H2,1,3-9H3,(H2,36,37,39)/t23?,24-,26?,31-,32+,33+,34-/m0/s1. The van der Waals surface area contributed by atoms with Crippen molar-refractivity contribution in [3.63, 3.8) is 0 Å². The minimum Gasteiger partial charge on any atom is -0.338 e. The third kappa shape index (κ3) is 3.69. The van der Waals surface area contributed by atoms with Crippen molar-refractivity contribution in [3.05, 3.63) is 35.5 Å². The Bertz CT molecular complexity index is 1230. The van der Waals surface area contributed by atoms with E-state index in [0.717, 1.165) is 50.5 Å². The van der Waals surface area contributed by atoms with Crippen LogP contribution in [0.5, 0.6) is 0 Å². The van der Waals surface area contributed by atoms with E-state index in [1.54, 1.807) is 0 Å². The summed E-state index contributed by atoms with van der Waals surface area (Å²) in [5.41, 5.74) is 1.76. The van der Waals surface area contributed by atoms with Gasteiger partial charge in [0.25, 0.3) is 0 Å². The smallest absolute Gasteiger partial charge is 0.315 e. The van der Waals surface area contributed by atoms with Crippen LogP contribution in [0.4, 0.5) is 4.79 Å². The number of Topliss-reactive ketones (excluding diaryl/α,β-unsaturated/α-hetero) is 1. The molecule has 3 saturated carbocycles. The monoisotopic (exact) mass is 531 g/mol. The van der Waals surface area contributed by atoms with Crippen molar-refractivity contribution in [2.24, 2.45) is 44.8 Å². The molecule has 5 heteroatoms. The van der Waals surface area contributed by atoms with Crippen molar-refractivity contribution in [3.8, 4) is 6.07 Å². The summed E-state index contributed by atoms with van der Waals surface area (Å²) < 4.78 is 0. The van der Waals surface area contributed by atoms with Gasteiger partial charge in [-0.1, -0.05) is 78.3 Å². The average molecular weight is 532 g/mol. The first-order chi connectivity index (χ1) is 18.0. The quantitative estimate of drug-likeness (QED) is 0.393. The van der Waals surface area contributed by atoms with Crippen molar-refractivity contribution >= 4 is 11.8 Å². The lowest BCUT2D eigenvalue weighted by Gasteiger charge is -2.70. The average Bonchev–Trinajstić information content (AvgIpc) is 2.84. The zero-order valence-electron chi connectivity index (χ0n) is 25.5. The summed E-state index contributed by atoms with van der Waals surface area (Å²) in [6.07, 6.45) is 11.5. The molecule has 5 nitrogen and oxygen atoms in total. The summed E-state index contributed by atoms with van der Waals surface area (Å²) in [7, 11) is 0. The van der Waals surface area contributed by atoms with Crippen LogP contribution in [0.3, 0.4) is 0 Å². The largest absolute Gasteiger partial charge is 0.338 e. The first-order valence-corrected chi connectivity index (χ1v) is 15.2. The zero-order chi connectivity index (χ0) is 28.8. The molecular formula is C34H49N3O2. The normalized spacial score (nSPS) is 43.8. The molecule has 0 saturated heterocycles. The van der Waals surface area contributed by atoms with Crippen molar-refractivity contribution in [1.82, 2.24) is 10.6 Å². The number of nitrogens with zero attached hydrogens (tertiary/aromatic N) is 1.